The van der Waals surface area contributed by atoms with Crippen LogP contribution in [0.25, 0.3) is 0 Å². The van der Waals surface area contributed by atoms with Crippen LogP contribution in [0.5, 0.6) is 0 Å². The smallest absolute Gasteiger partial charge is 0.137 e. The maximum absolute atomic E-state index is 6.10. The van der Waals surface area contributed by atoms with E-state index < -0.39 is 0 Å². The van der Waals surface area contributed by atoms with Crippen molar-refractivity contribution in [1.29, 1.82) is 0 Å². The first-order valence-electron chi connectivity index (χ1n) is 5.90. The average molecular weight is 256 g/mol. The molecule has 94 valence electrons. The van der Waals surface area contributed by atoms with E-state index in [4.69, 9.17) is 16.3 Å². The Morgan fingerprint density at radius 2 is 2.12 bits per heavy atom. The molecule has 0 aliphatic carbocycles. The molecule has 1 unspecified atom stereocenters. The van der Waals surface area contributed by atoms with Gasteiger partial charge in [0, 0.05) is 25.8 Å². The third-order valence-electron chi connectivity index (χ3n) is 3.18. The number of hydrogen-bond donors (Lipinski definition) is 0. The van der Waals surface area contributed by atoms with Gasteiger partial charge in [-0.05, 0) is 26.7 Å². The first kappa shape index (κ1) is 12.6. The highest BCUT2D eigenvalue weighted by atomic mass is 35.5. The van der Waals surface area contributed by atoms with Gasteiger partial charge in [-0.15, -0.1) is 0 Å². The Morgan fingerprint density at radius 1 is 1.35 bits per heavy atom. The van der Waals surface area contributed by atoms with E-state index in [2.05, 4.69) is 14.9 Å². The summed E-state index contributed by atoms with van der Waals surface area (Å²) in [6.45, 7) is 5.72. The van der Waals surface area contributed by atoms with Crippen molar-refractivity contribution < 1.29 is 4.74 Å². The highest BCUT2D eigenvalue weighted by Gasteiger charge is 2.22. The minimum absolute atomic E-state index is 0.289. The lowest BCUT2D eigenvalue weighted by atomic mass is 10.1. The van der Waals surface area contributed by atoms with Crippen LogP contribution in [0.3, 0.4) is 0 Å². The summed E-state index contributed by atoms with van der Waals surface area (Å²) in [4.78, 5) is 10.9. The second-order valence-electron chi connectivity index (χ2n) is 4.46. The van der Waals surface area contributed by atoms with Crippen LogP contribution in [0.1, 0.15) is 24.2 Å². The van der Waals surface area contributed by atoms with Crippen molar-refractivity contribution in [3.8, 4) is 0 Å². The molecule has 0 amide bonds. The van der Waals surface area contributed by atoms with Crippen molar-refractivity contribution in [3.63, 3.8) is 0 Å². The van der Waals surface area contributed by atoms with E-state index in [1.54, 1.807) is 7.11 Å². The van der Waals surface area contributed by atoms with Crippen LogP contribution in [0.15, 0.2) is 0 Å². The summed E-state index contributed by atoms with van der Waals surface area (Å²) >= 11 is 6.10. The van der Waals surface area contributed by atoms with E-state index in [1.165, 1.54) is 0 Å². The van der Waals surface area contributed by atoms with Crippen molar-refractivity contribution in [2.75, 3.05) is 25.1 Å². The Bertz CT molecular complexity index is 411. The number of aromatic nitrogens is 2. The standard InChI is InChI=1S/C12H18ClN3O/c1-8-11(13)14-9(2)15-12(8)16-6-4-5-10(7-16)17-3/h10H,4-7H2,1-3H3. The molecule has 1 atom stereocenters. The molecule has 0 spiro atoms. The van der Waals surface area contributed by atoms with E-state index in [1.807, 2.05) is 13.8 Å². The van der Waals surface area contributed by atoms with Gasteiger partial charge in [0.05, 0.1) is 6.10 Å². The minimum Gasteiger partial charge on any atom is -0.380 e. The molecule has 2 heterocycles. The van der Waals surface area contributed by atoms with Crippen LogP contribution in [0.4, 0.5) is 5.82 Å². The van der Waals surface area contributed by atoms with Crippen LogP contribution >= 0.6 is 11.6 Å². The molecule has 1 aliphatic rings. The summed E-state index contributed by atoms with van der Waals surface area (Å²) < 4.78 is 5.43. The van der Waals surface area contributed by atoms with E-state index in [9.17, 15) is 0 Å². The fourth-order valence-corrected chi connectivity index (χ4v) is 2.42. The van der Waals surface area contributed by atoms with Gasteiger partial charge in [0.25, 0.3) is 0 Å². The van der Waals surface area contributed by atoms with Crippen molar-refractivity contribution in [2.24, 2.45) is 0 Å². The largest absolute Gasteiger partial charge is 0.380 e. The molecule has 17 heavy (non-hydrogen) atoms. The average Bonchev–Trinajstić information content (AvgIpc) is 2.34. The Kier molecular flexibility index (Phi) is 3.84. The summed E-state index contributed by atoms with van der Waals surface area (Å²) in [5.74, 6) is 1.67. The quantitative estimate of drug-likeness (QED) is 0.761. The predicted molar refractivity (Wildman–Crippen MR) is 68.8 cm³/mol. The number of aryl methyl sites for hydroxylation is 1. The van der Waals surface area contributed by atoms with Crippen LogP contribution in [-0.2, 0) is 4.74 Å². The lowest BCUT2D eigenvalue weighted by Gasteiger charge is -2.33. The Labute approximate surface area is 107 Å². The number of nitrogens with zero attached hydrogens (tertiary/aromatic N) is 3. The molecule has 0 saturated carbocycles. The second-order valence-corrected chi connectivity index (χ2v) is 4.81. The van der Waals surface area contributed by atoms with Crippen molar-refractivity contribution >= 4 is 17.4 Å². The zero-order chi connectivity index (χ0) is 12.4. The van der Waals surface area contributed by atoms with Gasteiger partial charge in [-0.2, -0.15) is 0 Å². The van der Waals surface area contributed by atoms with Gasteiger partial charge in [-0.3, -0.25) is 0 Å². The van der Waals surface area contributed by atoms with Crippen molar-refractivity contribution in [2.45, 2.75) is 32.8 Å². The monoisotopic (exact) mass is 255 g/mol. The predicted octanol–water partition coefficient (Wildman–Crippen LogP) is 2.36. The molecule has 1 saturated heterocycles. The molecule has 1 aliphatic heterocycles. The SMILES string of the molecule is COC1CCCN(c2nc(C)nc(Cl)c2C)C1. The van der Waals surface area contributed by atoms with Crippen molar-refractivity contribution in [3.05, 3.63) is 16.5 Å². The molecular formula is C12H18ClN3O. The number of rotatable bonds is 2. The summed E-state index contributed by atoms with van der Waals surface area (Å²) in [5.41, 5.74) is 0.953. The first-order valence-corrected chi connectivity index (χ1v) is 6.28. The summed E-state index contributed by atoms with van der Waals surface area (Å²) in [7, 11) is 1.76. The normalized spacial score (nSPS) is 20.7. The van der Waals surface area contributed by atoms with E-state index in [0.29, 0.717) is 5.15 Å². The zero-order valence-corrected chi connectivity index (χ0v) is 11.3. The Morgan fingerprint density at radius 3 is 2.82 bits per heavy atom. The number of anilines is 1. The van der Waals surface area contributed by atoms with Gasteiger partial charge < -0.3 is 9.64 Å². The molecule has 1 fully saturated rings. The molecule has 4 nitrogen and oxygen atoms in total. The van der Waals surface area contributed by atoms with Crippen LogP contribution in [0, 0.1) is 13.8 Å². The number of methoxy groups -OCH3 is 1. The first-order chi connectivity index (χ1) is 8.11. The molecule has 0 radical (unpaired) electrons. The topological polar surface area (TPSA) is 38.2 Å². The third-order valence-corrected chi connectivity index (χ3v) is 3.55. The summed E-state index contributed by atoms with van der Waals surface area (Å²) in [6, 6.07) is 0. The lowest BCUT2D eigenvalue weighted by molar-refractivity contribution is 0.0891. The van der Waals surface area contributed by atoms with Crippen LogP contribution in [0.2, 0.25) is 5.15 Å². The zero-order valence-electron chi connectivity index (χ0n) is 10.5. The maximum atomic E-state index is 6.10. The van der Waals surface area contributed by atoms with E-state index in [0.717, 1.165) is 43.1 Å². The number of halogens is 1. The second kappa shape index (κ2) is 5.19. The van der Waals surface area contributed by atoms with Crippen LogP contribution in [-0.4, -0.2) is 36.3 Å². The van der Waals surface area contributed by atoms with Gasteiger partial charge in [0.2, 0.25) is 0 Å². The fourth-order valence-electron chi connectivity index (χ4n) is 2.21. The van der Waals surface area contributed by atoms with E-state index in [-0.39, 0.29) is 6.10 Å². The molecule has 5 heteroatoms. The minimum atomic E-state index is 0.289. The third kappa shape index (κ3) is 2.69. The lowest BCUT2D eigenvalue weighted by Crippen LogP contribution is -2.40. The molecule has 2 rings (SSSR count). The van der Waals surface area contributed by atoms with Crippen LogP contribution < -0.4 is 4.90 Å². The van der Waals surface area contributed by atoms with Gasteiger partial charge in [0.1, 0.15) is 16.8 Å². The number of hydrogen-bond acceptors (Lipinski definition) is 4. The molecule has 1 aromatic heterocycles. The molecule has 1 aromatic rings. The highest BCUT2D eigenvalue weighted by molar-refractivity contribution is 6.30. The number of ether oxygens (including phenoxy) is 1. The Balaban J connectivity index is 2.27. The van der Waals surface area contributed by atoms with Gasteiger partial charge in [0.15, 0.2) is 0 Å². The Hall–Kier alpha value is -0.870. The summed E-state index contributed by atoms with van der Waals surface area (Å²) in [5, 5.41) is 0.548. The molecule has 0 aromatic carbocycles. The summed E-state index contributed by atoms with van der Waals surface area (Å²) in [6.07, 6.45) is 2.53. The van der Waals surface area contributed by atoms with Gasteiger partial charge in [-0.25, -0.2) is 9.97 Å². The highest BCUT2D eigenvalue weighted by Crippen LogP contribution is 2.26. The molecule has 0 N–H and O–H groups in total. The molecular weight excluding hydrogens is 238 g/mol. The van der Waals surface area contributed by atoms with E-state index >= 15 is 0 Å². The van der Waals surface area contributed by atoms with Crippen molar-refractivity contribution in [1.82, 2.24) is 9.97 Å². The van der Waals surface area contributed by atoms with Gasteiger partial charge in [-0.1, -0.05) is 11.6 Å². The molecule has 0 bridgehead atoms. The maximum Gasteiger partial charge on any atom is 0.137 e. The van der Waals surface area contributed by atoms with Gasteiger partial charge >= 0.3 is 0 Å². The number of piperidine rings is 1. The fraction of sp³-hybridized carbons (Fsp3) is 0.667.